The Bertz CT molecular complexity index is 1010. The molecule has 136 valence electrons. The summed E-state index contributed by atoms with van der Waals surface area (Å²) in [5.74, 6) is -0.218. The van der Waals surface area contributed by atoms with Gasteiger partial charge in [-0.1, -0.05) is 42.1 Å². The van der Waals surface area contributed by atoms with Gasteiger partial charge >= 0.3 is 0 Å². The zero-order valence-electron chi connectivity index (χ0n) is 14.9. The van der Waals surface area contributed by atoms with Crippen molar-refractivity contribution >= 4 is 39.5 Å². The van der Waals surface area contributed by atoms with Gasteiger partial charge in [-0.25, -0.2) is 0 Å². The van der Waals surface area contributed by atoms with Gasteiger partial charge in [-0.2, -0.15) is 0 Å². The maximum atomic E-state index is 11.7. The molecule has 1 atom stereocenters. The van der Waals surface area contributed by atoms with Gasteiger partial charge < -0.3 is 4.90 Å². The predicted molar refractivity (Wildman–Crippen MR) is 109 cm³/mol. The van der Waals surface area contributed by atoms with Crippen LogP contribution in [0.15, 0.2) is 60.8 Å². The number of aromatic nitrogens is 1. The summed E-state index contributed by atoms with van der Waals surface area (Å²) in [4.78, 5) is 29.8. The Hall–Kier alpha value is -2.86. The largest absolute Gasteiger partial charge is 0.370 e. The standard InChI is InChI=1S/C21H19N3O2S/c1-24(17-5-3-2-4-6-17)13-14-7-8-16-9-15(12-22-18(16)10-14)11-19-20(25)23-21(26)27-19/h2-10,12,19H,11,13H2,1H3,(H,23,25,26). The van der Waals surface area contributed by atoms with Crippen molar-refractivity contribution < 1.29 is 9.59 Å². The number of anilines is 1. The van der Waals surface area contributed by atoms with Gasteiger partial charge in [-0.3, -0.25) is 19.9 Å². The Morgan fingerprint density at radius 1 is 1.07 bits per heavy atom. The number of amides is 2. The van der Waals surface area contributed by atoms with Crippen molar-refractivity contribution in [3.8, 4) is 0 Å². The number of hydrogen-bond donors (Lipinski definition) is 1. The van der Waals surface area contributed by atoms with Gasteiger partial charge in [0.1, 0.15) is 0 Å². The van der Waals surface area contributed by atoms with Crippen LogP contribution in [0.3, 0.4) is 0 Å². The molecule has 2 amide bonds. The average Bonchev–Trinajstić information content (AvgIpc) is 2.99. The molecule has 5 nitrogen and oxygen atoms in total. The van der Waals surface area contributed by atoms with Gasteiger partial charge in [-0.15, -0.1) is 0 Å². The Morgan fingerprint density at radius 3 is 2.63 bits per heavy atom. The number of rotatable bonds is 5. The van der Waals surface area contributed by atoms with Crippen molar-refractivity contribution in [1.82, 2.24) is 10.3 Å². The van der Waals surface area contributed by atoms with Crippen molar-refractivity contribution in [2.45, 2.75) is 18.2 Å². The van der Waals surface area contributed by atoms with E-state index in [1.54, 1.807) is 6.20 Å². The zero-order valence-corrected chi connectivity index (χ0v) is 15.7. The number of carbonyl (C=O) groups is 2. The molecule has 0 aliphatic carbocycles. The normalized spacial score (nSPS) is 16.6. The Kier molecular flexibility index (Phi) is 4.81. The summed E-state index contributed by atoms with van der Waals surface area (Å²) in [6.45, 7) is 0.796. The fourth-order valence-corrected chi connectivity index (χ4v) is 4.07. The van der Waals surface area contributed by atoms with Crippen molar-refractivity contribution in [3.63, 3.8) is 0 Å². The smallest absolute Gasteiger partial charge is 0.286 e. The van der Waals surface area contributed by atoms with Crippen molar-refractivity contribution in [2.75, 3.05) is 11.9 Å². The van der Waals surface area contributed by atoms with Crippen molar-refractivity contribution in [1.29, 1.82) is 0 Å². The highest BCUT2D eigenvalue weighted by atomic mass is 32.2. The summed E-state index contributed by atoms with van der Waals surface area (Å²) < 4.78 is 0. The van der Waals surface area contributed by atoms with Crippen LogP contribution in [0, 0.1) is 0 Å². The second kappa shape index (κ2) is 7.40. The first-order chi connectivity index (χ1) is 13.1. The highest BCUT2D eigenvalue weighted by Gasteiger charge is 2.31. The first kappa shape index (κ1) is 17.5. The van der Waals surface area contributed by atoms with E-state index in [2.05, 4.69) is 52.6 Å². The number of nitrogens with one attached hydrogen (secondary N) is 1. The van der Waals surface area contributed by atoms with Gasteiger partial charge in [0.15, 0.2) is 0 Å². The maximum Gasteiger partial charge on any atom is 0.286 e. The minimum Gasteiger partial charge on any atom is -0.370 e. The lowest BCUT2D eigenvalue weighted by atomic mass is 10.1. The third-order valence-electron chi connectivity index (χ3n) is 4.61. The number of imide groups is 1. The van der Waals surface area contributed by atoms with Gasteiger partial charge in [0.05, 0.1) is 10.8 Å². The molecule has 2 aromatic carbocycles. The van der Waals surface area contributed by atoms with E-state index in [1.165, 1.54) is 11.3 Å². The van der Waals surface area contributed by atoms with Gasteiger partial charge in [0.2, 0.25) is 5.91 Å². The molecule has 0 spiro atoms. The number of thioether (sulfide) groups is 1. The van der Waals surface area contributed by atoms with Crippen LogP contribution in [0.25, 0.3) is 10.9 Å². The van der Waals surface area contributed by atoms with Crippen LogP contribution < -0.4 is 10.2 Å². The summed E-state index contributed by atoms with van der Waals surface area (Å²) in [5, 5.41) is 2.72. The first-order valence-corrected chi connectivity index (χ1v) is 9.62. The van der Waals surface area contributed by atoms with Crippen molar-refractivity contribution in [2.24, 2.45) is 0 Å². The molecule has 0 saturated carbocycles. The van der Waals surface area contributed by atoms with Crippen molar-refractivity contribution in [3.05, 3.63) is 71.9 Å². The molecule has 1 unspecified atom stereocenters. The summed E-state index contributed by atoms with van der Waals surface area (Å²) in [6.07, 6.45) is 2.30. The first-order valence-electron chi connectivity index (χ1n) is 8.74. The quantitative estimate of drug-likeness (QED) is 0.733. The van der Waals surface area contributed by atoms with Crippen LogP contribution in [0.5, 0.6) is 0 Å². The number of pyridine rings is 1. The third kappa shape index (κ3) is 3.95. The summed E-state index contributed by atoms with van der Waals surface area (Å²) in [7, 11) is 2.07. The summed E-state index contributed by atoms with van der Waals surface area (Å²) >= 11 is 1.05. The van der Waals surface area contributed by atoms with Crippen LogP contribution in [-0.4, -0.2) is 28.4 Å². The third-order valence-corrected chi connectivity index (χ3v) is 5.59. The summed E-state index contributed by atoms with van der Waals surface area (Å²) in [5.41, 5.74) is 4.24. The Labute approximate surface area is 161 Å². The lowest BCUT2D eigenvalue weighted by molar-refractivity contribution is -0.118. The molecule has 27 heavy (non-hydrogen) atoms. The lowest BCUT2D eigenvalue weighted by Gasteiger charge is -2.19. The molecule has 4 rings (SSSR count). The molecule has 2 heterocycles. The second-order valence-corrected chi connectivity index (χ2v) is 7.83. The molecule has 1 aromatic heterocycles. The topological polar surface area (TPSA) is 62.3 Å². The fraction of sp³-hybridized carbons (Fsp3) is 0.190. The number of hydrogen-bond acceptors (Lipinski definition) is 5. The zero-order chi connectivity index (χ0) is 18.8. The number of nitrogens with zero attached hydrogens (tertiary/aromatic N) is 2. The van der Waals surface area contributed by atoms with Gasteiger partial charge in [0, 0.05) is 30.9 Å². The summed E-state index contributed by atoms with van der Waals surface area (Å²) in [6, 6.07) is 18.6. The number of carbonyl (C=O) groups excluding carboxylic acids is 2. The molecule has 1 aliphatic rings. The molecule has 0 radical (unpaired) electrons. The SMILES string of the molecule is CN(Cc1ccc2cc(CC3SC(=O)NC3=O)cnc2c1)c1ccccc1. The minimum absolute atomic E-state index is 0.218. The minimum atomic E-state index is -0.365. The highest BCUT2D eigenvalue weighted by Crippen LogP contribution is 2.24. The van der Waals surface area contributed by atoms with Gasteiger partial charge in [0.25, 0.3) is 5.24 Å². The molecule has 3 aromatic rings. The monoisotopic (exact) mass is 377 g/mol. The van der Waals surface area contributed by atoms with E-state index >= 15 is 0 Å². The van der Waals surface area contributed by atoms with Crippen LogP contribution in [-0.2, 0) is 17.8 Å². The number of para-hydroxylation sites is 1. The van der Waals surface area contributed by atoms with E-state index in [4.69, 9.17) is 0 Å². The fourth-order valence-electron chi connectivity index (χ4n) is 3.21. The Morgan fingerprint density at radius 2 is 1.89 bits per heavy atom. The molecule has 1 saturated heterocycles. The molecule has 0 bridgehead atoms. The van der Waals surface area contributed by atoms with E-state index in [-0.39, 0.29) is 16.4 Å². The van der Waals surface area contributed by atoms with E-state index in [0.29, 0.717) is 6.42 Å². The average molecular weight is 377 g/mol. The molecule has 1 fully saturated rings. The lowest BCUT2D eigenvalue weighted by Crippen LogP contribution is -2.25. The highest BCUT2D eigenvalue weighted by molar-refractivity contribution is 8.15. The number of fused-ring (bicyclic) bond motifs is 1. The van der Waals surface area contributed by atoms with E-state index in [9.17, 15) is 9.59 Å². The molecule has 6 heteroatoms. The Balaban J connectivity index is 1.50. The molecular weight excluding hydrogens is 358 g/mol. The van der Waals surface area contributed by atoms with Gasteiger partial charge in [-0.05, 0) is 41.8 Å². The molecule has 1 N–H and O–H groups in total. The van der Waals surface area contributed by atoms with E-state index in [1.807, 2.05) is 24.3 Å². The van der Waals surface area contributed by atoms with E-state index in [0.717, 1.165) is 34.8 Å². The second-order valence-electron chi connectivity index (χ2n) is 6.65. The van der Waals surface area contributed by atoms with E-state index < -0.39 is 0 Å². The van der Waals surface area contributed by atoms with Crippen LogP contribution in [0.2, 0.25) is 0 Å². The molecular formula is C21H19N3O2S. The van der Waals surface area contributed by atoms with Crippen LogP contribution in [0.1, 0.15) is 11.1 Å². The maximum absolute atomic E-state index is 11.7. The number of benzene rings is 2. The molecule has 1 aliphatic heterocycles. The van der Waals surface area contributed by atoms with Crippen LogP contribution >= 0.6 is 11.8 Å². The predicted octanol–water partition coefficient (Wildman–Crippen LogP) is 3.77. The van der Waals surface area contributed by atoms with Crippen LogP contribution in [0.4, 0.5) is 10.5 Å².